The predicted molar refractivity (Wildman–Crippen MR) is 136 cm³/mol. The number of halogens is 1. The van der Waals surface area contributed by atoms with Crippen molar-refractivity contribution < 1.29 is 15.0 Å². The summed E-state index contributed by atoms with van der Waals surface area (Å²) in [6.07, 6.45) is 3.38. The fourth-order valence-electron chi connectivity index (χ4n) is 4.25. The van der Waals surface area contributed by atoms with Crippen LogP contribution in [0.3, 0.4) is 0 Å². The van der Waals surface area contributed by atoms with Crippen LogP contribution in [0.1, 0.15) is 25.5 Å². The van der Waals surface area contributed by atoms with Gasteiger partial charge in [0.05, 0.1) is 12.2 Å². The molecule has 1 fully saturated rings. The number of carbonyl (C=O) groups is 1. The number of rotatable bonds is 5. The monoisotopic (exact) mass is 524 g/mol. The number of aliphatic hydroxyl groups is 1. The Morgan fingerprint density at radius 2 is 2.08 bits per heavy atom. The molecule has 4 aromatic rings. The van der Waals surface area contributed by atoms with E-state index in [0.717, 1.165) is 5.69 Å². The van der Waals surface area contributed by atoms with Crippen molar-refractivity contribution in [2.24, 2.45) is 4.99 Å². The summed E-state index contributed by atoms with van der Waals surface area (Å²) in [4.78, 5) is 39.7. The number of nitrogens with one attached hydrogen (secondary N) is 3. The van der Waals surface area contributed by atoms with Crippen LogP contribution in [0.2, 0.25) is 5.02 Å². The number of aliphatic hydroxyl groups excluding tert-OH is 1. The number of hydrogen-bond acceptors (Lipinski definition) is 8. The number of aromatic hydroxyl groups is 1. The van der Waals surface area contributed by atoms with Crippen LogP contribution < -0.4 is 21.7 Å². The molecule has 0 aliphatic carbocycles. The van der Waals surface area contributed by atoms with Crippen LogP contribution in [0.4, 0.5) is 11.5 Å². The lowest BCUT2D eigenvalue weighted by molar-refractivity contribution is -0.140. The van der Waals surface area contributed by atoms with E-state index in [2.05, 4.69) is 20.4 Å². The molecule has 37 heavy (non-hydrogen) atoms. The van der Waals surface area contributed by atoms with E-state index in [-0.39, 0.29) is 23.5 Å². The fraction of sp³-hybridized carbons (Fsp3) is 0.292. The Bertz CT molecular complexity index is 1630. The number of fused-ring (bicyclic) bond motifs is 1. The second-order valence-electron chi connectivity index (χ2n) is 8.82. The highest BCUT2D eigenvalue weighted by Crippen LogP contribution is 2.19. The first-order valence-electron chi connectivity index (χ1n) is 11.7. The van der Waals surface area contributed by atoms with E-state index in [1.54, 1.807) is 39.9 Å². The van der Waals surface area contributed by atoms with Crippen molar-refractivity contribution in [1.29, 1.82) is 0 Å². The van der Waals surface area contributed by atoms with Crippen LogP contribution in [-0.2, 0) is 4.79 Å². The van der Waals surface area contributed by atoms with Crippen molar-refractivity contribution >= 4 is 40.7 Å². The van der Waals surface area contributed by atoms with E-state index < -0.39 is 11.8 Å². The SMILES string of the molecule is CC(O)C(=O)N1CCC(N=c2cc(Nc3cccc(Cl)c3)nc3c(=Cc4[nH]c(=O)[nH]c4O)cnn23)CC1. The summed E-state index contributed by atoms with van der Waals surface area (Å²) in [5, 5.41) is 28.4. The zero-order chi connectivity index (χ0) is 26.1. The second-order valence-corrected chi connectivity index (χ2v) is 9.25. The van der Waals surface area contributed by atoms with Crippen LogP contribution in [0.5, 0.6) is 5.88 Å². The highest BCUT2D eigenvalue weighted by Gasteiger charge is 2.25. The summed E-state index contributed by atoms with van der Waals surface area (Å²) in [5.41, 5.74) is 1.39. The molecule has 5 rings (SSSR count). The number of H-pyrrole nitrogens is 2. The predicted octanol–water partition coefficient (Wildman–Crippen LogP) is 0.668. The highest BCUT2D eigenvalue weighted by molar-refractivity contribution is 6.30. The van der Waals surface area contributed by atoms with Crippen molar-refractivity contribution in [1.82, 2.24) is 29.5 Å². The van der Waals surface area contributed by atoms with Gasteiger partial charge >= 0.3 is 5.69 Å². The molecule has 12 nitrogen and oxygen atoms in total. The molecule has 3 aromatic heterocycles. The number of piperidine rings is 1. The van der Waals surface area contributed by atoms with E-state index in [1.807, 2.05) is 12.1 Å². The largest absolute Gasteiger partial charge is 0.493 e. The Kier molecular flexibility index (Phi) is 6.68. The average molecular weight is 525 g/mol. The molecule has 1 amide bonds. The third-order valence-corrected chi connectivity index (χ3v) is 6.30. The Morgan fingerprint density at radius 3 is 2.76 bits per heavy atom. The number of anilines is 2. The van der Waals surface area contributed by atoms with Crippen molar-refractivity contribution in [2.45, 2.75) is 31.9 Å². The Morgan fingerprint density at radius 1 is 1.30 bits per heavy atom. The van der Waals surface area contributed by atoms with Crippen molar-refractivity contribution in [2.75, 3.05) is 18.4 Å². The minimum absolute atomic E-state index is 0.0654. The van der Waals surface area contributed by atoms with Crippen LogP contribution >= 0.6 is 11.6 Å². The topological polar surface area (TPSA) is 164 Å². The molecule has 1 aliphatic rings. The molecule has 0 bridgehead atoms. The third kappa shape index (κ3) is 5.34. The second kappa shape index (κ2) is 10.1. The van der Waals surface area contributed by atoms with Gasteiger partial charge in [-0.15, -0.1) is 0 Å². The molecule has 1 atom stereocenters. The van der Waals surface area contributed by atoms with Crippen molar-refractivity contribution in [3.63, 3.8) is 0 Å². The third-order valence-electron chi connectivity index (χ3n) is 6.06. The number of carbonyl (C=O) groups excluding carboxylic acids is 1. The van der Waals surface area contributed by atoms with Crippen molar-refractivity contribution in [3.05, 3.63) is 68.4 Å². The molecular formula is C24H25ClN8O4. The zero-order valence-corrected chi connectivity index (χ0v) is 20.6. The van der Waals surface area contributed by atoms with Gasteiger partial charge < -0.3 is 25.4 Å². The van der Waals surface area contributed by atoms with E-state index in [0.29, 0.717) is 53.1 Å². The number of amides is 1. The number of aromatic nitrogens is 5. The summed E-state index contributed by atoms with van der Waals surface area (Å²) in [7, 11) is 0. The maximum Gasteiger partial charge on any atom is 0.326 e. The number of benzene rings is 1. The van der Waals surface area contributed by atoms with Gasteiger partial charge in [-0.1, -0.05) is 17.7 Å². The Hall–Kier alpha value is -4.16. The molecule has 4 heterocycles. The van der Waals surface area contributed by atoms with Gasteiger partial charge in [0.2, 0.25) is 5.88 Å². The van der Waals surface area contributed by atoms with Gasteiger partial charge in [0.1, 0.15) is 17.6 Å². The summed E-state index contributed by atoms with van der Waals surface area (Å²) in [6.45, 7) is 2.46. The van der Waals surface area contributed by atoms with Gasteiger partial charge in [-0.05, 0) is 44.0 Å². The molecule has 1 saturated heterocycles. The maximum absolute atomic E-state index is 12.1. The average Bonchev–Trinajstić information content (AvgIpc) is 3.41. The first kappa shape index (κ1) is 24.5. The van der Waals surface area contributed by atoms with Crippen LogP contribution in [-0.4, -0.2) is 70.8 Å². The summed E-state index contributed by atoms with van der Waals surface area (Å²) >= 11 is 6.14. The van der Waals surface area contributed by atoms with Crippen molar-refractivity contribution in [3.8, 4) is 5.88 Å². The smallest absolute Gasteiger partial charge is 0.326 e. The van der Waals surface area contributed by atoms with Gasteiger partial charge in [0.15, 0.2) is 11.1 Å². The number of likely N-dealkylation sites (tertiary alicyclic amines) is 1. The number of aromatic amines is 2. The Balaban J connectivity index is 1.56. The van der Waals surface area contributed by atoms with Crippen LogP contribution in [0, 0.1) is 0 Å². The molecule has 1 aliphatic heterocycles. The van der Waals surface area contributed by atoms with Crippen LogP contribution in [0.25, 0.3) is 11.7 Å². The standard InChI is InChI=1S/C24H25ClN8O4/c1-13(34)23(36)32-7-5-16(6-8-32)28-20-11-19(27-17-4-2-3-15(25)10-17)30-21-14(12-26-33(20)21)9-18-22(35)31-24(37)29-18/h2-4,9-13,16,27,34-35H,5-8H2,1H3,(H2,29,31,37). The van der Waals surface area contributed by atoms with E-state index in [1.165, 1.54) is 6.92 Å². The summed E-state index contributed by atoms with van der Waals surface area (Å²) < 4.78 is 1.59. The first-order valence-corrected chi connectivity index (χ1v) is 12.1. The molecule has 0 radical (unpaired) electrons. The molecular weight excluding hydrogens is 500 g/mol. The van der Waals surface area contributed by atoms with Gasteiger partial charge in [-0.25, -0.2) is 9.78 Å². The lowest BCUT2D eigenvalue weighted by Crippen LogP contribution is -2.44. The van der Waals surface area contributed by atoms with Gasteiger partial charge in [0.25, 0.3) is 5.91 Å². The quantitative estimate of drug-likeness (QED) is 0.256. The van der Waals surface area contributed by atoms with E-state index in [4.69, 9.17) is 21.6 Å². The first-order chi connectivity index (χ1) is 17.8. The lowest BCUT2D eigenvalue weighted by Gasteiger charge is -2.31. The number of hydrogen-bond donors (Lipinski definition) is 5. The lowest BCUT2D eigenvalue weighted by atomic mass is 10.1. The molecule has 13 heteroatoms. The summed E-state index contributed by atoms with van der Waals surface area (Å²) in [5.74, 6) is -0.0748. The van der Waals surface area contributed by atoms with Crippen LogP contribution in [0.15, 0.2) is 46.3 Å². The molecule has 5 N–H and O–H groups in total. The highest BCUT2D eigenvalue weighted by atomic mass is 35.5. The zero-order valence-electron chi connectivity index (χ0n) is 19.8. The molecule has 192 valence electrons. The van der Waals surface area contributed by atoms with Gasteiger partial charge in [0, 0.05) is 35.1 Å². The van der Waals surface area contributed by atoms with E-state index >= 15 is 0 Å². The van der Waals surface area contributed by atoms with E-state index in [9.17, 15) is 19.8 Å². The van der Waals surface area contributed by atoms with Gasteiger partial charge in [-0.3, -0.25) is 14.8 Å². The van der Waals surface area contributed by atoms with Gasteiger partial charge in [-0.2, -0.15) is 9.61 Å². The molecule has 1 unspecified atom stereocenters. The maximum atomic E-state index is 12.1. The molecule has 1 aromatic carbocycles. The normalized spacial score (nSPS) is 16.5. The number of nitrogens with zero attached hydrogens (tertiary/aromatic N) is 5. The summed E-state index contributed by atoms with van der Waals surface area (Å²) in [6, 6.07) is 8.92. The minimum atomic E-state index is -1.03. The molecule has 0 spiro atoms. The number of imidazole rings is 1. The molecule has 0 saturated carbocycles. The minimum Gasteiger partial charge on any atom is -0.493 e. The Labute approximate surface area is 215 Å². The fourth-order valence-corrected chi connectivity index (χ4v) is 4.44.